The second-order valence-corrected chi connectivity index (χ2v) is 4.06. The van der Waals surface area contributed by atoms with Crippen molar-refractivity contribution in [2.45, 2.75) is 6.61 Å². The summed E-state index contributed by atoms with van der Waals surface area (Å²) in [6.07, 6.45) is 0. The van der Waals surface area contributed by atoms with Crippen LogP contribution in [0.5, 0.6) is 0 Å². The van der Waals surface area contributed by atoms with Gasteiger partial charge in [0.15, 0.2) is 0 Å². The second kappa shape index (κ2) is 6.06. The molecule has 1 amide bonds. The molecular weight excluding hydrogens is 251 g/mol. The van der Waals surface area contributed by atoms with Crippen LogP contribution >= 0.6 is 23.2 Å². The molecular formula is C10H12Cl2N2O2. The van der Waals surface area contributed by atoms with Crippen LogP contribution < -0.4 is 5.84 Å². The number of nitrogens with zero attached hydrogens (tertiary/aromatic N) is 1. The number of hydrogen-bond donors (Lipinski definition) is 1. The largest absolute Gasteiger partial charge is 0.367 e. The van der Waals surface area contributed by atoms with Crippen LogP contribution in [0.25, 0.3) is 0 Å². The molecule has 0 radical (unpaired) electrons. The normalized spacial score (nSPS) is 10.2. The number of halogens is 2. The highest BCUT2D eigenvalue weighted by Gasteiger charge is 2.05. The number of hydrogen-bond acceptors (Lipinski definition) is 3. The van der Waals surface area contributed by atoms with Gasteiger partial charge in [-0.05, 0) is 17.7 Å². The maximum absolute atomic E-state index is 11.1. The first kappa shape index (κ1) is 13.3. The molecule has 1 rings (SSSR count). The third kappa shape index (κ3) is 3.98. The molecule has 0 atom stereocenters. The first-order chi connectivity index (χ1) is 7.50. The van der Waals surface area contributed by atoms with Gasteiger partial charge in [0, 0.05) is 7.05 Å². The number of amides is 1. The van der Waals surface area contributed by atoms with Crippen molar-refractivity contribution in [3.63, 3.8) is 0 Å². The number of carbonyl (C=O) groups excluding carboxylic acids is 1. The minimum Gasteiger partial charge on any atom is -0.367 e. The van der Waals surface area contributed by atoms with E-state index in [0.29, 0.717) is 10.0 Å². The van der Waals surface area contributed by atoms with Crippen LogP contribution in [0.4, 0.5) is 0 Å². The van der Waals surface area contributed by atoms with Gasteiger partial charge in [0.25, 0.3) is 5.91 Å². The summed E-state index contributed by atoms with van der Waals surface area (Å²) in [5, 5.41) is 1.93. The van der Waals surface area contributed by atoms with Crippen LogP contribution in [0.1, 0.15) is 5.56 Å². The standard InChI is InChI=1S/C10H12Cl2N2O2/c1-14(13)10(15)6-16-5-7-2-3-8(11)9(12)4-7/h2-4H,5-6,13H2,1H3. The van der Waals surface area contributed by atoms with Crippen LogP contribution in [-0.2, 0) is 16.1 Å². The number of rotatable bonds is 4. The average molecular weight is 263 g/mol. The molecule has 0 spiro atoms. The summed E-state index contributed by atoms with van der Waals surface area (Å²) >= 11 is 11.6. The Morgan fingerprint density at radius 3 is 2.69 bits per heavy atom. The molecule has 88 valence electrons. The molecule has 6 heteroatoms. The van der Waals surface area contributed by atoms with Crippen molar-refractivity contribution in [1.29, 1.82) is 0 Å². The number of hydrazine groups is 1. The van der Waals surface area contributed by atoms with Crippen molar-refractivity contribution >= 4 is 29.1 Å². The van der Waals surface area contributed by atoms with E-state index >= 15 is 0 Å². The zero-order valence-corrected chi connectivity index (χ0v) is 10.3. The molecule has 0 aliphatic carbocycles. The van der Waals surface area contributed by atoms with Crippen molar-refractivity contribution in [3.8, 4) is 0 Å². The van der Waals surface area contributed by atoms with Gasteiger partial charge in [-0.25, -0.2) is 5.84 Å². The number of benzene rings is 1. The monoisotopic (exact) mass is 262 g/mol. The topological polar surface area (TPSA) is 55.6 Å². The molecule has 1 aromatic carbocycles. The molecule has 0 aromatic heterocycles. The van der Waals surface area contributed by atoms with Gasteiger partial charge < -0.3 is 4.74 Å². The molecule has 0 saturated heterocycles. The number of ether oxygens (including phenoxy) is 1. The first-order valence-corrected chi connectivity index (χ1v) is 5.29. The van der Waals surface area contributed by atoms with E-state index in [1.54, 1.807) is 18.2 Å². The average Bonchev–Trinajstić information content (AvgIpc) is 2.23. The molecule has 0 saturated carbocycles. The maximum atomic E-state index is 11.1. The third-order valence-electron chi connectivity index (χ3n) is 1.87. The first-order valence-electron chi connectivity index (χ1n) is 4.53. The maximum Gasteiger partial charge on any atom is 0.262 e. The van der Waals surface area contributed by atoms with Gasteiger partial charge in [0.05, 0.1) is 16.7 Å². The molecule has 0 bridgehead atoms. The van der Waals surface area contributed by atoms with Gasteiger partial charge in [-0.3, -0.25) is 9.80 Å². The minimum atomic E-state index is -0.292. The Morgan fingerprint density at radius 1 is 1.44 bits per heavy atom. The molecule has 0 fully saturated rings. The minimum absolute atomic E-state index is 0.0623. The molecule has 0 aliphatic heterocycles. The molecule has 1 aromatic rings. The predicted octanol–water partition coefficient (Wildman–Crippen LogP) is 1.84. The fourth-order valence-corrected chi connectivity index (χ4v) is 1.31. The molecule has 0 heterocycles. The Bertz CT molecular complexity index is 383. The van der Waals surface area contributed by atoms with E-state index in [4.69, 9.17) is 33.8 Å². The summed E-state index contributed by atoms with van der Waals surface area (Å²) in [7, 11) is 1.46. The van der Waals surface area contributed by atoms with Gasteiger partial charge in [-0.2, -0.15) is 0 Å². The Morgan fingerprint density at radius 2 is 2.12 bits per heavy atom. The number of carbonyl (C=O) groups is 1. The Kier molecular flexibility index (Phi) is 5.02. The van der Waals surface area contributed by atoms with E-state index in [-0.39, 0.29) is 19.1 Å². The van der Waals surface area contributed by atoms with E-state index in [1.165, 1.54) is 7.05 Å². The highest BCUT2D eigenvalue weighted by atomic mass is 35.5. The van der Waals surface area contributed by atoms with Crippen LogP contribution in [-0.4, -0.2) is 24.6 Å². The van der Waals surface area contributed by atoms with E-state index in [2.05, 4.69) is 0 Å². The van der Waals surface area contributed by atoms with Crippen molar-refractivity contribution < 1.29 is 9.53 Å². The van der Waals surface area contributed by atoms with Crippen LogP contribution in [0.15, 0.2) is 18.2 Å². The molecule has 0 aliphatic rings. The predicted molar refractivity (Wildman–Crippen MR) is 63.1 cm³/mol. The molecule has 4 nitrogen and oxygen atoms in total. The molecule has 0 unspecified atom stereocenters. The lowest BCUT2D eigenvalue weighted by Crippen LogP contribution is -2.35. The van der Waals surface area contributed by atoms with Crippen LogP contribution in [0.2, 0.25) is 10.0 Å². The SMILES string of the molecule is CN(N)C(=O)COCc1ccc(Cl)c(Cl)c1. The second-order valence-electron chi connectivity index (χ2n) is 3.25. The van der Waals surface area contributed by atoms with Gasteiger partial charge in [-0.1, -0.05) is 29.3 Å². The van der Waals surface area contributed by atoms with Crippen LogP contribution in [0, 0.1) is 0 Å². The number of likely N-dealkylation sites (N-methyl/N-ethyl adjacent to an activating group) is 1. The summed E-state index contributed by atoms with van der Waals surface area (Å²) in [4.78, 5) is 11.1. The van der Waals surface area contributed by atoms with Crippen molar-refractivity contribution in [3.05, 3.63) is 33.8 Å². The van der Waals surface area contributed by atoms with Gasteiger partial charge in [0.2, 0.25) is 0 Å². The lowest BCUT2D eigenvalue weighted by atomic mass is 10.2. The lowest BCUT2D eigenvalue weighted by molar-refractivity contribution is -0.135. The highest BCUT2D eigenvalue weighted by molar-refractivity contribution is 6.42. The Balaban J connectivity index is 2.43. The molecule has 2 N–H and O–H groups in total. The van der Waals surface area contributed by atoms with Crippen molar-refractivity contribution in [1.82, 2.24) is 5.01 Å². The van der Waals surface area contributed by atoms with Crippen molar-refractivity contribution in [2.75, 3.05) is 13.7 Å². The van der Waals surface area contributed by atoms with E-state index in [0.717, 1.165) is 10.6 Å². The lowest BCUT2D eigenvalue weighted by Gasteiger charge is -2.10. The summed E-state index contributed by atoms with van der Waals surface area (Å²) < 4.78 is 5.16. The van der Waals surface area contributed by atoms with Gasteiger partial charge >= 0.3 is 0 Å². The highest BCUT2D eigenvalue weighted by Crippen LogP contribution is 2.22. The van der Waals surface area contributed by atoms with Gasteiger partial charge in [0.1, 0.15) is 6.61 Å². The van der Waals surface area contributed by atoms with E-state index in [9.17, 15) is 4.79 Å². The zero-order valence-electron chi connectivity index (χ0n) is 8.74. The zero-order chi connectivity index (χ0) is 12.1. The summed E-state index contributed by atoms with van der Waals surface area (Å²) in [6.45, 7) is 0.226. The van der Waals surface area contributed by atoms with Gasteiger partial charge in [-0.15, -0.1) is 0 Å². The van der Waals surface area contributed by atoms with E-state index < -0.39 is 0 Å². The van der Waals surface area contributed by atoms with E-state index in [1.807, 2.05) is 0 Å². The third-order valence-corrected chi connectivity index (χ3v) is 2.61. The smallest absolute Gasteiger partial charge is 0.262 e. The fraction of sp³-hybridized carbons (Fsp3) is 0.300. The Labute approximate surface area is 104 Å². The molecule has 16 heavy (non-hydrogen) atoms. The fourth-order valence-electron chi connectivity index (χ4n) is 0.987. The summed E-state index contributed by atoms with van der Waals surface area (Å²) in [6, 6.07) is 5.16. The Hall–Kier alpha value is -0.810. The number of nitrogens with two attached hydrogens (primary N) is 1. The summed E-state index contributed by atoms with van der Waals surface area (Å²) in [5.41, 5.74) is 0.849. The van der Waals surface area contributed by atoms with Crippen LogP contribution in [0.3, 0.4) is 0 Å². The van der Waals surface area contributed by atoms with Crippen molar-refractivity contribution in [2.24, 2.45) is 5.84 Å². The quantitative estimate of drug-likeness (QED) is 0.512. The summed E-state index contributed by atoms with van der Waals surface area (Å²) in [5.74, 6) is 4.93.